The van der Waals surface area contributed by atoms with Crippen molar-refractivity contribution in [3.05, 3.63) is 64.1 Å². The first-order chi connectivity index (χ1) is 15.1. The lowest BCUT2D eigenvalue weighted by atomic mass is 9.95. The van der Waals surface area contributed by atoms with Crippen LogP contribution in [0.1, 0.15) is 28.8 Å². The van der Waals surface area contributed by atoms with Crippen LogP contribution in [0, 0.1) is 5.92 Å². The molecular weight excluding hydrogens is 458 g/mol. The van der Waals surface area contributed by atoms with E-state index in [1.54, 1.807) is 11.0 Å². The van der Waals surface area contributed by atoms with E-state index in [4.69, 9.17) is 4.74 Å². The number of anilines is 1. The molecule has 1 N–H and O–H groups in total. The number of piperidine rings is 1. The summed E-state index contributed by atoms with van der Waals surface area (Å²) in [5.41, 5.74) is 2.42. The van der Waals surface area contributed by atoms with Crippen LogP contribution < -0.4 is 5.32 Å². The second-order valence-electron chi connectivity index (χ2n) is 8.12. The topological polar surface area (TPSA) is 61.9 Å². The van der Waals surface area contributed by atoms with Crippen molar-refractivity contribution < 1.29 is 14.3 Å². The van der Waals surface area contributed by atoms with E-state index in [0.29, 0.717) is 37.6 Å². The first kappa shape index (κ1) is 22.0. The van der Waals surface area contributed by atoms with Crippen molar-refractivity contribution in [2.24, 2.45) is 5.92 Å². The summed E-state index contributed by atoms with van der Waals surface area (Å²) in [4.78, 5) is 30.1. The molecule has 2 aromatic carbocycles. The predicted octanol–water partition coefficient (Wildman–Crippen LogP) is 3.77. The van der Waals surface area contributed by atoms with Crippen molar-refractivity contribution in [2.75, 3.05) is 44.7 Å². The monoisotopic (exact) mass is 485 g/mol. The number of nitrogens with zero attached hydrogens (tertiary/aromatic N) is 2. The highest BCUT2D eigenvalue weighted by Gasteiger charge is 2.27. The lowest BCUT2D eigenvalue weighted by Gasteiger charge is -2.31. The maximum absolute atomic E-state index is 12.9. The Bertz CT molecular complexity index is 922. The Morgan fingerprint density at radius 2 is 1.74 bits per heavy atom. The maximum atomic E-state index is 12.9. The fourth-order valence-electron chi connectivity index (χ4n) is 4.20. The summed E-state index contributed by atoms with van der Waals surface area (Å²) in [7, 11) is 0. The van der Waals surface area contributed by atoms with E-state index in [-0.39, 0.29) is 17.7 Å². The molecule has 2 aliphatic heterocycles. The molecule has 0 radical (unpaired) electrons. The Hall–Kier alpha value is -2.22. The van der Waals surface area contributed by atoms with Gasteiger partial charge in [-0.3, -0.25) is 14.5 Å². The minimum atomic E-state index is -0.0527. The zero-order valence-electron chi connectivity index (χ0n) is 17.6. The number of para-hydroxylation sites is 1. The molecular formula is C24H28BrN3O3. The summed E-state index contributed by atoms with van der Waals surface area (Å²) in [5.74, 6) is -0.0855. The van der Waals surface area contributed by atoms with Crippen molar-refractivity contribution in [1.82, 2.24) is 9.80 Å². The predicted molar refractivity (Wildman–Crippen MR) is 124 cm³/mol. The number of morpholine rings is 1. The summed E-state index contributed by atoms with van der Waals surface area (Å²) >= 11 is 3.52. The summed E-state index contributed by atoms with van der Waals surface area (Å²) in [5, 5.41) is 3.03. The number of rotatable bonds is 5. The summed E-state index contributed by atoms with van der Waals surface area (Å²) in [6.07, 6.45) is 1.64. The van der Waals surface area contributed by atoms with Crippen LogP contribution in [-0.4, -0.2) is 61.0 Å². The van der Waals surface area contributed by atoms with Crippen LogP contribution in [0.2, 0.25) is 0 Å². The molecule has 2 amide bonds. The third-order valence-corrected chi connectivity index (χ3v) is 6.46. The first-order valence-corrected chi connectivity index (χ1v) is 11.6. The van der Waals surface area contributed by atoms with Crippen LogP contribution in [0.15, 0.2) is 53.0 Å². The standard InChI is InChI=1S/C24H28BrN3O3/c25-20-5-3-4-18(16-20)17-27-10-8-19(9-11-27)23(29)26-22-7-2-1-6-21(22)24(30)28-12-14-31-15-13-28/h1-7,16,19H,8-15,17H2,(H,26,29). The number of carbonyl (C=O) groups is 2. The van der Waals surface area contributed by atoms with E-state index in [0.717, 1.165) is 36.9 Å². The molecule has 31 heavy (non-hydrogen) atoms. The zero-order valence-corrected chi connectivity index (χ0v) is 19.1. The Balaban J connectivity index is 1.33. The molecule has 4 rings (SSSR count). The van der Waals surface area contributed by atoms with Gasteiger partial charge in [-0.25, -0.2) is 0 Å². The van der Waals surface area contributed by atoms with Crippen LogP contribution in [0.5, 0.6) is 0 Å². The van der Waals surface area contributed by atoms with Gasteiger partial charge >= 0.3 is 0 Å². The van der Waals surface area contributed by atoms with Gasteiger partial charge in [0.25, 0.3) is 5.91 Å². The van der Waals surface area contributed by atoms with Crippen molar-refractivity contribution in [3.8, 4) is 0 Å². The van der Waals surface area contributed by atoms with E-state index in [2.05, 4.69) is 44.3 Å². The number of ether oxygens (including phenoxy) is 1. The van der Waals surface area contributed by atoms with E-state index < -0.39 is 0 Å². The van der Waals surface area contributed by atoms with Gasteiger partial charge in [0, 0.05) is 30.0 Å². The molecule has 2 aromatic rings. The Kier molecular flexibility index (Phi) is 7.37. The number of amides is 2. The van der Waals surface area contributed by atoms with Crippen LogP contribution >= 0.6 is 15.9 Å². The molecule has 164 valence electrons. The highest BCUT2D eigenvalue weighted by atomic mass is 79.9. The van der Waals surface area contributed by atoms with Gasteiger partial charge in [0.2, 0.25) is 5.91 Å². The van der Waals surface area contributed by atoms with Crippen molar-refractivity contribution in [3.63, 3.8) is 0 Å². The first-order valence-electron chi connectivity index (χ1n) is 10.8. The van der Waals surface area contributed by atoms with Crippen molar-refractivity contribution >= 4 is 33.4 Å². The summed E-state index contributed by atoms with van der Waals surface area (Å²) in [6, 6.07) is 15.6. The molecule has 0 unspecified atom stereocenters. The Labute approximate surface area is 191 Å². The average Bonchev–Trinajstić information content (AvgIpc) is 2.80. The van der Waals surface area contributed by atoms with Gasteiger partial charge in [0.15, 0.2) is 0 Å². The van der Waals surface area contributed by atoms with Crippen LogP contribution in [-0.2, 0) is 16.1 Å². The molecule has 0 aliphatic carbocycles. The van der Waals surface area contributed by atoms with E-state index in [1.165, 1.54) is 5.56 Å². The molecule has 0 atom stereocenters. The summed E-state index contributed by atoms with van der Waals surface area (Å²) < 4.78 is 6.43. The molecule has 6 nitrogen and oxygen atoms in total. The number of carbonyl (C=O) groups excluding carboxylic acids is 2. The molecule has 2 saturated heterocycles. The largest absolute Gasteiger partial charge is 0.378 e. The van der Waals surface area contributed by atoms with Gasteiger partial charge in [-0.15, -0.1) is 0 Å². The van der Waals surface area contributed by atoms with E-state index >= 15 is 0 Å². The van der Waals surface area contributed by atoms with Gasteiger partial charge in [0.05, 0.1) is 24.5 Å². The quantitative estimate of drug-likeness (QED) is 0.699. The molecule has 0 saturated carbocycles. The highest BCUT2D eigenvalue weighted by molar-refractivity contribution is 9.10. The molecule has 0 spiro atoms. The second-order valence-corrected chi connectivity index (χ2v) is 9.04. The van der Waals surface area contributed by atoms with Gasteiger partial charge in [-0.1, -0.05) is 40.2 Å². The average molecular weight is 486 g/mol. The summed E-state index contributed by atoms with van der Waals surface area (Å²) in [6.45, 7) is 4.94. The number of halogens is 1. The smallest absolute Gasteiger partial charge is 0.256 e. The van der Waals surface area contributed by atoms with Crippen molar-refractivity contribution in [1.29, 1.82) is 0 Å². The lowest BCUT2D eigenvalue weighted by molar-refractivity contribution is -0.121. The normalized spacial score (nSPS) is 18.0. The van der Waals surface area contributed by atoms with Gasteiger partial charge < -0.3 is 15.0 Å². The third kappa shape index (κ3) is 5.73. The molecule has 2 heterocycles. The molecule has 2 fully saturated rings. The molecule has 0 bridgehead atoms. The second kappa shape index (κ2) is 10.4. The number of hydrogen-bond donors (Lipinski definition) is 1. The van der Waals surface area contributed by atoms with Gasteiger partial charge in [-0.05, 0) is 55.8 Å². The number of benzene rings is 2. The Morgan fingerprint density at radius 1 is 1.00 bits per heavy atom. The highest BCUT2D eigenvalue weighted by Crippen LogP contribution is 2.24. The molecule has 0 aromatic heterocycles. The minimum absolute atomic E-state index is 0.00401. The Morgan fingerprint density at radius 3 is 2.48 bits per heavy atom. The van der Waals surface area contributed by atoms with Gasteiger partial charge in [-0.2, -0.15) is 0 Å². The van der Waals surface area contributed by atoms with Crippen molar-refractivity contribution in [2.45, 2.75) is 19.4 Å². The minimum Gasteiger partial charge on any atom is -0.378 e. The fourth-order valence-corrected chi connectivity index (χ4v) is 4.64. The van der Waals surface area contributed by atoms with E-state index in [9.17, 15) is 9.59 Å². The maximum Gasteiger partial charge on any atom is 0.256 e. The zero-order chi connectivity index (χ0) is 21.6. The van der Waals surface area contributed by atoms with Crippen LogP contribution in [0.3, 0.4) is 0 Å². The third-order valence-electron chi connectivity index (χ3n) is 5.97. The lowest BCUT2D eigenvalue weighted by Crippen LogP contribution is -2.41. The van der Waals surface area contributed by atoms with Crippen LogP contribution in [0.25, 0.3) is 0 Å². The number of hydrogen-bond acceptors (Lipinski definition) is 4. The van der Waals surface area contributed by atoms with Crippen LogP contribution in [0.4, 0.5) is 5.69 Å². The van der Waals surface area contributed by atoms with E-state index in [1.807, 2.05) is 24.3 Å². The number of nitrogens with one attached hydrogen (secondary N) is 1. The fraction of sp³-hybridized carbons (Fsp3) is 0.417. The number of likely N-dealkylation sites (tertiary alicyclic amines) is 1. The SMILES string of the molecule is O=C(Nc1ccccc1C(=O)N1CCOCC1)C1CCN(Cc2cccc(Br)c2)CC1. The molecule has 2 aliphatic rings. The van der Waals surface area contributed by atoms with Gasteiger partial charge in [0.1, 0.15) is 0 Å². The molecule has 7 heteroatoms.